The van der Waals surface area contributed by atoms with Crippen molar-refractivity contribution in [2.45, 2.75) is 19.4 Å². The van der Waals surface area contributed by atoms with E-state index in [1.807, 2.05) is 30.3 Å². The molecule has 0 saturated carbocycles. The molecule has 1 fully saturated rings. The first-order valence-corrected chi connectivity index (χ1v) is 10.5. The highest BCUT2D eigenvalue weighted by Crippen LogP contribution is 2.27. The fourth-order valence-corrected chi connectivity index (χ4v) is 4.00. The lowest BCUT2D eigenvalue weighted by atomic mass is 10.1. The molecule has 7 nitrogen and oxygen atoms in total. The third-order valence-corrected chi connectivity index (χ3v) is 5.58. The molecular formula is C23H19ClN4O3. The number of carbonyl (C=O) groups is 1. The van der Waals surface area contributed by atoms with Gasteiger partial charge in [0.15, 0.2) is 0 Å². The number of carbonyl (C=O) groups excluding carboxylic acids is 1. The van der Waals surface area contributed by atoms with Gasteiger partial charge in [-0.25, -0.2) is 14.8 Å². The maximum atomic E-state index is 13.0. The van der Waals surface area contributed by atoms with Gasteiger partial charge >= 0.3 is 5.97 Å². The Kier molecular flexibility index (Phi) is 5.03. The highest BCUT2D eigenvalue weighted by atomic mass is 35.5. The van der Waals surface area contributed by atoms with Crippen LogP contribution in [0.15, 0.2) is 59.5 Å². The second-order valence-corrected chi connectivity index (χ2v) is 7.92. The number of nitrogens with zero attached hydrogens (tertiary/aromatic N) is 4. The Labute approximate surface area is 182 Å². The van der Waals surface area contributed by atoms with E-state index in [0.29, 0.717) is 27.7 Å². The maximum absolute atomic E-state index is 13.0. The predicted octanol–water partition coefficient (Wildman–Crippen LogP) is 3.85. The number of rotatable bonds is 4. The smallest absolute Gasteiger partial charge is 0.342 e. The van der Waals surface area contributed by atoms with Gasteiger partial charge in [0.25, 0.3) is 5.56 Å². The number of aromatic nitrogens is 3. The van der Waals surface area contributed by atoms with E-state index in [-0.39, 0.29) is 12.2 Å². The van der Waals surface area contributed by atoms with E-state index < -0.39 is 5.97 Å². The third-order valence-electron chi connectivity index (χ3n) is 5.36. The van der Waals surface area contributed by atoms with Gasteiger partial charge in [-0.05, 0) is 37.1 Å². The summed E-state index contributed by atoms with van der Waals surface area (Å²) in [4.78, 5) is 36.6. The molecule has 0 amide bonds. The van der Waals surface area contributed by atoms with E-state index in [0.717, 1.165) is 36.8 Å². The zero-order valence-electron chi connectivity index (χ0n) is 16.6. The van der Waals surface area contributed by atoms with Crippen LogP contribution in [0, 0.1) is 0 Å². The number of pyridine rings is 2. The van der Waals surface area contributed by atoms with Crippen LogP contribution < -0.4 is 10.5 Å². The Morgan fingerprint density at radius 1 is 1.06 bits per heavy atom. The van der Waals surface area contributed by atoms with E-state index in [2.05, 4.69) is 9.88 Å². The summed E-state index contributed by atoms with van der Waals surface area (Å²) in [6, 6.07) is 14.2. The van der Waals surface area contributed by atoms with Crippen LogP contribution in [0.2, 0.25) is 5.02 Å². The molecule has 0 aliphatic carbocycles. The van der Waals surface area contributed by atoms with Crippen molar-refractivity contribution in [1.29, 1.82) is 0 Å². The molecule has 8 heteroatoms. The first kappa shape index (κ1) is 19.5. The van der Waals surface area contributed by atoms with E-state index >= 15 is 0 Å². The van der Waals surface area contributed by atoms with Crippen LogP contribution in [0.1, 0.15) is 28.9 Å². The summed E-state index contributed by atoms with van der Waals surface area (Å²) in [5.74, 6) is 0.153. The number of fused-ring (bicyclic) bond motifs is 2. The number of ether oxygens (including phenoxy) is 1. The van der Waals surface area contributed by atoms with Crippen LogP contribution >= 0.6 is 11.6 Å². The first-order valence-electron chi connectivity index (χ1n) is 10.1. The standard InChI is InChI=1S/C23H19ClN4O3/c24-16-7-8-20-25-17(12-21(29)28(20)13-16)14-31-23(30)18-11-15-5-1-2-6-19(15)26-22(18)27-9-3-4-10-27/h1-2,5-8,11-13H,3-4,9-10,14H2. The van der Waals surface area contributed by atoms with Crippen molar-refractivity contribution in [3.63, 3.8) is 0 Å². The van der Waals surface area contributed by atoms with Gasteiger partial charge in [-0.2, -0.15) is 0 Å². The van der Waals surface area contributed by atoms with Crippen molar-refractivity contribution in [3.05, 3.63) is 81.4 Å². The zero-order chi connectivity index (χ0) is 21.4. The average Bonchev–Trinajstić information content (AvgIpc) is 3.32. The van der Waals surface area contributed by atoms with Crippen molar-refractivity contribution in [2.75, 3.05) is 18.0 Å². The minimum absolute atomic E-state index is 0.112. The maximum Gasteiger partial charge on any atom is 0.342 e. The summed E-state index contributed by atoms with van der Waals surface area (Å²) in [6.45, 7) is 1.60. The monoisotopic (exact) mass is 434 g/mol. The van der Waals surface area contributed by atoms with Crippen molar-refractivity contribution in [3.8, 4) is 0 Å². The molecular weight excluding hydrogens is 416 g/mol. The van der Waals surface area contributed by atoms with Crippen LogP contribution in [0.25, 0.3) is 16.6 Å². The Morgan fingerprint density at radius 2 is 1.87 bits per heavy atom. The number of halogens is 1. The molecule has 156 valence electrons. The van der Waals surface area contributed by atoms with Crippen molar-refractivity contribution >= 4 is 39.9 Å². The molecule has 5 rings (SSSR count). The van der Waals surface area contributed by atoms with Gasteiger partial charge in [-0.1, -0.05) is 29.8 Å². The molecule has 1 aliphatic rings. The summed E-state index contributed by atoms with van der Waals surface area (Å²) in [7, 11) is 0. The van der Waals surface area contributed by atoms with Crippen molar-refractivity contribution < 1.29 is 9.53 Å². The summed E-state index contributed by atoms with van der Waals surface area (Å²) < 4.78 is 6.90. The lowest BCUT2D eigenvalue weighted by molar-refractivity contribution is 0.0468. The fraction of sp³-hybridized carbons (Fsp3) is 0.217. The predicted molar refractivity (Wildman–Crippen MR) is 119 cm³/mol. The van der Waals surface area contributed by atoms with Gasteiger partial charge in [0, 0.05) is 30.7 Å². The molecule has 31 heavy (non-hydrogen) atoms. The minimum atomic E-state index is -0.488. The Balaban J connectivity index is 1.45. The lowest BCUT2D eigenvalue weighted by Crippen LogP contribution is -2.23. The SMILES string of the molecule is O=C(OCc1cc(=O)n2cc(Cl)ccc2n1)c1cc2ccccc2nc1N1CCCC1. The summed E-state index contributed by atoms with van der Waals surface area (Å²) in [6.07, 6.45) is 3.64. The summed E-state index contributed by atoms with van der Waals surface area (Å²) in [5.41, 5.74) is 1.78. The Hall–Kier alpha value is -3.45. The molecule has 0 unspecified atom stereocenters. The van der Waals surface area contributed by atoms with Crippen LogP contribution in [-0.2, 0) is 11.3 Å². The van der Waals surface area contributed by atoms with Gasteiger partial charge in [0.05, 0.1) is 16.2 Å². The molecule has 1 aromatic carbocycles. The normalized spacial score (nSPS) is 13.8. The van der Waals surface area contributed by atoms with Crippen LogP contribution in [0.5, 0.6) is 0 Å². The molecule has 3 aromatic heterocycles. The quantitative estimate of drug-likeness (QED) is 0.454. The van der Waals surface area contributed by atoms with E-state index in [9.17, 15) is 9.59 Å². The highest BCUT2D eigenvalue weighted by Gasteiger charge is 2.23. The number of hydrogen-bond donors (Lipinski definition) is 0. The molecule has 0 atom stereocenters. The number of esters is 1. The highest BCUT2D eigenvalue weighted by molar-refractivity contribution is 6.30. The molecule has 1 saturated heterocycles. The number of para-hydroxylation sites is 1. The second-order valence-electron chi connectivity index (χ2n) is 7.48. The van der Waals surface area contributed by atoms with Gasteiger partial charge in [-0.3, -0.25) is 9.20 Å². The summed E-state index contributed by atoms with van der Waals surface area (Å²) >= 11 is 5.94. The molecule has 1 aliphatic heterocycles. The molecule has 0 radical (unpaired) electrons. The zero-order valence-corrected chi connectivity index (χ0v) is 17.4. The van der Waals surface area contributed by atoms with Crippen LogP contribution in [0.4, 0.5) is 5.82 Å². The molecule has 0 spiro atoms. The first-order chi connectivity index (χ1) is 15.1. The Morgan fingerprint density at radius 3 is 2.71 bits per heavy atom. The van der Waals surface area contributed by atoms with Gasteiger partial charge in [0.2, 0.25) is 0 Å². The van der Waals surface area contributed by atoms with E-state index in [1.54, 1.807) is 12.1 Å². The molecule has 0 N–H and O–H groups in total. The molecule has 4 aromatic rings. The van der Waals surface area contributed by atoms with Gasteiger partial charge < -0.3 is 9.64 Å². The van der Waals surface area contributed by atoms with Crippen molar-refractivity contribution in [2.24, 2.45) is 0 Å². The van der Waals surface area contributed by atoms with Gasteiger partial charge in [-0.15, -0.1) is 0 Å². The Bertz CT molecular complexity index is 1360. The van der Waals surface area contributed by atoms with Crippen LogP contribution in [0.3, 0.4) is 0 Å². The number of benzene rings is 1. The van der Waals surface area contributed by atoms with E-state index in [4.69, 9.17) is 21.3 Å². The van der Waals surface area contributed by atoms with Crippen LogP contribution in [-0.4, -0.2) is 33.4 Å². The van der Waals surface area contributed by atoms with Gasteiger partial charge in [0.1, 0.15) is 23.6 Å². The third kappa shape index (κ3) is 3.84. The fourth-order valence-electron chi connectivity index (χ4n) is 3.84. The largest absolute Gasteiger partial charge is 0.455 e. The topological polar surface area (TPSA) is 76.8 Å². The lowest BCUT2D eigenvalue weighted by Gasteiger charge is -2.20. The second kappa shape index (κ2) is 8.00. The number of hydrogen-bond acceptors (Lipinski definition) is 6. The van der Waals surface area contributed by atoms with Crippen molar-refractivity contribution in [1.82, 2.24) is 14.4 Å². The average molecular weight is 435 g/mol. The van der Waals surface area contributed by atoms with E-state index in [1.165, 1.54) is 16.7 Å². The number of anilines is 1. The summed E-state index contributed by atoms with van der Waals surface area (Å²) in [5, 5.41) is 1.31. The molecule has 4 heterocycles. The minimum Gasteiger partial charge on any atom is -0.455 e. The molecule has 0 bridgehead atoms.